The van der Waals surface area contributed by atoms with Gasteiger partial charge in [0.1, 0.15) is 0 Å². The van der Waals surface area contributed by atoms with Gasteiger partial charge in [0.2, 0.25) is 0 Å². The lowest BCUT2D eigenvalue weighted by Crippen LogP contribution is -2.45. The Morgan fingerprint density at radius 3 is 2.87 bits per heavy atom. The van der Waals surface area contributed by atoms with E-state index in [9.17, 15) is 0 Å². The number of aryl methyl sites for hydroxylation is 1. The molecule has 2 unspecified atom stereocenters. The van der Waals surface area contributed by atoms with Crippen LogP contribution in [0.3, 0.4) is 0 Å². The van der Waals surface area contributed by atoms with E-state index in [-0.39, 0.29) is 6.04 Å². The molecule has 0 amide bonds. The molecule has 2 atom stereocenters. The minimum absolute atomic E-state index is 0.283. The third kappa shape index (κ3) is 2.73. The van der Waals surface area contributed by atoms with Gasteiger partial charge in [-0.3, -0.25) is 4.90 Å². The fourth-order valence-corrected chi connectivity index (χ4v) is 2.23. The maximum absolute atomic E-state index is 5.97. The van der Waals surface area contributed by atoms with Gasteiger partial charge in [0.25, 0.3) is 0 Å². The number of hydrogen-bond acceptors (Lipinski definition) is 5. The normalized spacial score (nSPS) is 28.2. The van der Waals surface area contributed by atoms with Crippen molar-refractivity contribution in [2.24, 2.45) is 18.7 Å². The smallest absolute Gasteiger partial charge is 0.188 e. The fourth-order valence-electron chi connectivity index (χ4n) is 2.23. The first kappa shape index (κ1) is 10.5. The average Bonchev–Trinajstić information content (AvgIpc) is 2.49. The molecular weight excluding hydrogens is 192 g/mol. The number of tetrazole rings is 1. The third-order valence-electron chi connectivity index (χ3n) is 2.68. The van der Waals surface area contributed by atoms with Gasteiger partial charge in [0.15, 0.2) is 5.82 Å². The molecule has 0 radical (unpaired) electrons. The molecule has 1 aliphatic heterocycles. The predicted octanol–water partition coefficient (Wildman–Crippen LogP) is -0.621. The summed E-state index contributed by atoms with van der Waals surface area (Å²) in [6.45, 7) is 5.00. The van der Waals surface area contributed by atoms with Crippen molar-refractivity contribution in [3.8, 4) is 0 Å². The van der Waals surface area contributed by atoms with Gasteiger partial charge in [-0.1, -0.05) is 6.92 Å². The first-order valence-corrected chi connectivity index (χ1v) is 5.34. The van der Waals surface area contributed by atoms with Gasteiger partial charge >= 0.3 is 0 Å². The molecule has 0 spiro atoms. The molecule has 1 aromatic rings. The molecule has 0 aromatic carbocycles. The molecule has 2 rings (SSSR count). The number of likely N-dealkylation sites (tertiary alicyclic amines) is 1. The van der Waals surface area contributed by atoms with Crippen LogP contribution in [-0.4, -0.2) is 44.2 Å². The standard InChI is InChI=1S/C9H18N6/c1-7-3-8(10)5-15(4-7)6-9-11-13-14(2)12-9/h7-8H,3-6,10H2,1-2H3. The first-order chi connectivity index (χ1) is 7.13. The van der Waals surface area contributed by atoms with Gasteiger partial charge in [-0.05, 0) is 17.6 Å². The van der Waals surface area contributed by atoms with E-state index >= 15 is 0 Å². The Bertz CT molecular complexity index is 312. The summed E-state index contributed by atoms with van der Waals surface area (Å²) < 4.78 is 0. The van der Waals surface area contributed by atoms with E-state index in [1.54, 1.807) is 7.05 Å². The highest BCUT2D eigenvalue weighted by Gasteiger charge is 2.22. The molecule has 6 nitrogen and oxygen atoms in total. The number of aromatic nitrogens is 4. The molecule has 1 fully saturated rings. The maximum Gasteiger partial charge on any atom is 0.188 e. The third-order valence-corrected chi connectivity index (χ3v) is 2.68. The number of rotatable bonds is 2. The highest BCUT2D eigenvalue weighted by atomic mass is 15.6. The molecule has 0 aliphatic carbocycles. The van der Waals surface area contributed by atoms with Crippen LogP contribution < -0.4 is 5.73 Å². The van der Waals surface area contributed by atoms with Crippen LogP contribution >= 0.6 is 0 Å². The fraction of sp³-hybridized carbons (Fsp3) is 0.889. The van der Waals surface area contributed by atoms with Crippen molar-refractivity contribution < 1.29 is 0 Å². The van der Waals surface area contributed by atoms with Crippen molar-refractivity contribution in [3.63, 3.8) is 0 Å². The van der Waals surface area contributed by atoms with E-state index in [0.29, 0.717) is 5.92 Å². The van der Waals surface area contributed by atoms with E-state index < -0.39 is 0 Å². The van der Waals surface area contributed by atoms with Gasteiger partial charge in [-0.2, -0.15) is 4.80 Å². The zero-order chi connectivity index (χ0) is 10.8. The van der Waals surface area contributed by atoms with Crippen LogP contribution in [0.4, 0.5) is 0 Å². The molecule has 1 aliphatic rings. The van der Waals surface area contributed by atoms with Crippen LogP contribution in [0, 0.1) is 5.92 Å². The van der Waals surface area contributed by atoms with Crippen LogP contribution in [0.1, 0.15) is 19.2 Å². The molecule has 0 bridgehead atoms. The maximum atomic E-state index is 5.97. The molecular formula is C9H18N6. The quantitative estimate of drug-likeness (QED) is 0.704. The van der Waals surface area contributed by atoms with Crippen LogP contribution in [0.15, 0.2) is 0 Å². The molecule has 1 aromatic heterocycles. The van der Waals surface area contributed by atoms with Gasteiger partial charge < -0.3 is 5.73 Å². The van der Waals surface area contributed by atoms with Crippen LogP contribution in [0.25, 0.3) is 0 Å². The van der Waals surface area contributed by atoms with Gasteiger partial charge in [-0.25, -0.2) is 0 Å². The molecule has 2 N–H and O–H groups in total. The Morgan fingerprint density at radius 2 is 2.27 bits per heavy atom. The number of hydrogen-bond donors (Lipinski definition) is 1. The lowest BCUT2D eigenvalue weighted by Gasteiger charge is -2.33. The lowest BCUT2D eigenvalue weighted by atomic mass is 9.97. The minimum Gasteiger partial charge on any atom is -0.327 e. The Hall–Kier alpha value is -1.01. The van der Waals surface area contributed by atoms with E-state index in [0.717, 1.165) is 31.9 Å². The summed E-state index contributed by atoms with van der Waals surface area (Å²) in [6.07, 6.45) is 1.12. The Morgan fingerprint density at radius 1 is 1.47 bits per heavy atom. The summed E-state index contributed by atoms with van der Waals surface area (Å²) in [5.74, 6) is 1.43. The highest BCUT2D eigenvalue weighted by molar-refractivity contribution is 4.84. The summed E-state index contributed by atoms with van der Waals surface area (Å²) >= 11 is 0. The molecule has 15 heavy (non-hydrogen) atoms. The van der Waals surface area contributed by atoms with Crippen molar-refractivity contribution in [1.82, 2.24) is 25.1 Å². The van der Waals surface area contributed by atoms with Crippen LogP contribution in [-0.2, 0) is 13.6 Å². The topological polar surface area (TPSA) is 72.9 Å². The summed E-state index contributed by atoms with van der Waals surface area (Å²) in [7, 11) is 1.78. The van der Waals surface area contributed by atoms with Crippen molar-refractivity contribution in [2.75, 3.05) is 13.1 Å². The highest BCUT2D eigenvalue weighted by Crippen LogP contribution is 2.15. The summed E-state index contributed by atoms with van der Waals surface area (Å²) in [6, 6.07) is 0.283. The molecule has 2 heterocycles. The van der Waals surface area contributed by atoms with Crippen molar-refractivity contribution >= 4 is 0 Å². The molecule has 6 heteroatoms. The Kier molecular flexibility index (Phi) is 2.97. The van der Waals surface area contributed by atoms with Gasteiger partial charge in [0, 0.05) is 19.1 Å². The Balaban J connectivity index is 1.94. The Labute approximate surface area is 89.4 Å². The van der Waals surface area contributed by atoms with Crippen LogP contribution in [0.5, 0.6) is 0 Å². The number of piperidine rings is 1. The van der Waals surface area contributed by atoms with E-state index in [1.807, 2.05) is 0 Å². The number of nitrogens with two attached hydrogens (primary N) is 1. The van der Waals surface area contributed by atoms with Crippen molar-refractivity contribution in [3.05, 3.63) is 5.82 Å². The average molecular weight is 210 g/mol. The first-order valence-electron chi connectivity index (χ1n) is 5.34. The van der Waals surface area contributed by atoms with E-state index in [2.05, 4.69) is 27.2 Å². The van der Waals surface area contributed by atoms with E-state index in [1.165, 1.54) is 4.80 Å². The SMILES string of the molecule is CC1CC(N)CN(Cc2nnn(C)n2)C1. The molecule has 84 valence electrons. The second-order valence-corrected chi connectivity index (χ2v) is 4.49. The summed E-state index contributed by atoms with van der Waals surface area (Å²) in [5.41, 5.74) is 5.97. The van der Waals surface area contributed by atoms with Crippen molar-refractivity contribution in [2.45, 2.75) is 25.9 Å². The number of nitrogens with zero attached hydrogens (tertiary/aromatic N) is 5. The summed E-state index contributed by atoms with van der Waals surface area (Å²) in [4.78, 5) is 3.79. The lowest BCUT2D eigenvalue weighted by molar-refractivity contribution is 0.155. The molecule has 0 saturated carbocycles. The summed E-state index contributed by atoms with van der Waals surface area (Å²) in [5, 5.41) is 12.0. The van der Waals surface area contributed by atoms with Crippen molar-refractivity contribution in [1.29, 1.82) is 0 Å². The van der Waals surface area contributed by atoms with E-state index in [4.69, 9.17) is 5.73 Å². The zero-order valence-corrected chi connectivity index (χ0v) is 9.30. The van der Waals surface area contributed by atoms with Gasteiger partial charge in [0.05, 0.1) is 13.6 Å². The zero-order valence-electron chi connectivity index (χ0n) is 9.30. The monoisotopic (exact) mass is 210 g/mol. The predicted molar refractivity (Wildman–Crippen MR) is 55.8 cm³/mol. The van der Waals surface area contributed by atoms with Crippen LogP contribution in [0.2, 0.25) is 0 Å². The second kappa shape index (κ2) is 4.24. The largest absolute Gasteiger partial charge is 0.327 e. The second-order valence-electron chi connectivity index (χ2n) is 4.49. The molecule has 1 saturated heterocycles. The van der Waals surface area contributed by atoms with Gasteiger partial charge in [-0.15, -0.1) is 10.2 Å². The minimum atomic E-state index is 0.283.